The predicted octanol–water partition coefficient (Wildman–Crippen LogP) is 1.40. The first-order valence-corrected chi connectivity index (χ1v) is 6.63. The number of rotatable bonds is 3. The van der Waals surface area contributed by atoms with Crippen LogP contribution >= 0.6 is 0 Å². The number of hydrogen-bond donors (Lipinski definition) is 1. The Morgan fingerprint density at radius 2 is 1.95 bits per heavy atom. The molecule has 1 N–H and O–H groups in total. The van der Waals surface area contributed by atoms with Crippen LogP contribution in [0.2, 0.25) is 0 Å². The molecule has 19 heavy (non-hydrogen) atoms. The van der Waals surface area contributed by atoms with Gasteiger partial charge in [-0.15, -0.1) is 0 Å². The third-order valence-electron chi connectivity index (χ3n) is 2.98. The first-order chi connectivity index (χ1) is 8.69. The Hall–Kier alpha value is -1.30. The van der Waals surface area contributed by atoms with Gasteiger partial charge in [-0.1, -0.05) is 0 Å². The summed E-state index contributed by atoms with van der Waals surface area (Å²) in [6.07, 6.45) is -0.156. The highest BCUT2D eigenvalue weighted by Crippen LogP contribution is 2.15. The Morgan fingerprint density at radius 1 is 1.32 bits per heavy atom. The van der Waals surface area contributed by atoms with Crippen molar-refractivity contribution in [2.45, 2.75) is 45.8 Å². The highest BCUT2D eigenvalue weighted by Gasteiger charge is 2.30. The van der Waals surface area contributed by atoms with Gasteiger partial charge in [0, 0.05) is 32.2 Å². The quantitative estimate of drug-likeness (QED) is 0.841. The molecule has 1 fully saturated rings. The largest absolute Gasteiger partial charge is 0.481 e. The normalized spacial score (nSPS) is 21.3. The highest BCUT2D eigenvalue weighted by molar-refractivity contribution is 5.69. The van der Waals surface area contributed by atoms with Crippen molar-refractivity contribution in [1.82, 2.24) is 9.80 Å². The summed E-state index contributed by atoms with van der Waals surface area (Å²) in [5.74, 6) is -0.790. The molecule has 0 radical (unpaired) electrons. The van der Waals surface area contributed by atoms with E-state index in [0.29, 0.717) is 26.2 Å². The van der Waals surface area contributed by atoms with E-state index in [1.54, 1.807) is 4.90 Å². The molecular formula is C13H24N2O4. The van der Waals surface area contributed by atoms with Crippen molar-refractivity contribution >= 4 is 12.1 Å². The second-order valence-corrected chi connectivity index (χ2v) is 5.97. The Balaban J connectivity index is 2.45. The van der Waals surface area contributed by atoms with Crippen molar-refractivity contribution in [2.75, 3.05) is 26.2 Å². The number of hydrogen-bond acceptors (Lipinski definition) is 4. The van der Waals surface area contributed by atoms with E-state index >= 15 is 0 Å². The molecule has 1 amide bonds. The summed E-state index contributed by atoms with van der Waals surface area (Å²) in [6, 6.07) is 0.0393. The molecule has 0 aromatic heterocycles. The maximum atomic E-state index is 12.0. The minimum atomic E-state index is -0.790. The van der Waals surface area contributed by atoms with E-state index in [9.17, 15) is 9.59 Å². The van der Waals surface area contributed by atoms with Crippen molar-refractivity contribution in [2.24, 2.45) is 0 Å². The van der Waals surface area contributed by atoms with E-state index < -0.39 is 11.6 Å². The molecule has 0 unspecified atom stereocenters. The Morgan fingerprint density at radius 3 is 2.42 bits per heavy atom. The molecule has 1 atom stereocenters. The number of piperazine rings is 1. The number of amides is 1. The fourth-order valence-corrected chi connectivity index (χ4v) is 2.08. The van der Waals surface area contributed by atoms with Crippen LogP contribution in [0.1, 0.15) is 34.1 Å². The van der Waals surface area contributed by atoms with E-state index in [1.807, 2.05) is 27.7 Å². The Labute approximate surface area is 114 Å². The predicted molar refractivity (Wildman–Crippen MR) is 71.1 cm³/mol. The van der Waals surface area contributed by atoms with Gasteiger partial charge in [0.1, 0.15) is 5.60 Å². The van der Waals surface area contributed by atoms with Crippen LogP contribution in [0.5, 0.6) is 0 Å². The van der Waals surface area contributed by atoms with Gasteiger partial charge in [0.25, 0.3) is 0 Å². The third kappa shape index (κ3) is 5.46. The average molecular weight is 272 g/mol. The zero-order valence-corrected chi connectivity index (χ0v) is 12.2. The van der Waals surface area contributed by atoms with Gasteiger partial charge in [0.2, 0.25) is 0 Å². The van der Waals surface area contributed by atoms with Crippen LogP contribution in [-0.4, -0.2) is 64.8 Å². The van der Waals surface area contributed by atoms with Crippen molar-refractivity contribution in [3.05, 3.63) is 0 Å². The van der Waals surface area contributed by atoms with Gasteiger partial charge in [-0.05, 0) is 27.7 Å². The first kappa shape index (κ1) is 15.8. The molecule has 1 heterocycles. The zero-order valence-electron chi connectivity index (χ0n) is 12.2. The molecule has 1 saturated heterocycles. The van der Waals surface area contributed by atoms with Gasteiger partial charge in [0.15, 0.2) is 0 Å². The summed E-state index contributed by atoms with van der Waals surface area (Å²) in [6.45, 7) is 9.98. The lowest BCUT2D eigenvalue weighted by molar-refractivity contribution is -0.137. The van der Waals surface area contributed by atoms with Crippen molar-refractivity contribution in [3.8, 4) is 0 Å². The minimum absolute atomic E-state index is 0.0393. The topological polar surface area (TPSA) is 70.1 Å². The summed E-state index contributed by atoms with van der Waals surface area (Å²) >= 11 is 0. The summed E-state index contributed by atoms with van der Waals surface area (Å²) < 4.78 is 5.36. The van der Waals surface area contributed by atoms with Gasteiger partial charge in [-0.3, -0.25) is 9.69 Å². The monoisotopic (exact) mass is 272 g/mol. The minimum Gasteiger partial charge on any atom is -0.481 e. The number of carbonyl (C=O) groups excluding carboxylic acids is 1. The van der Waals surface area contributed by atoms with Crippen LogP contribution in [0.25, 0.3) is 0 Å². The molecule has 0 spiro atoms. The molecule has 0 aromatic carbocycles. The molecule has 6 heteroatoms. The molecule has 0 aromatic rings. The highest BCUT2D eigenvalue weighted by atomic mass is 16.6. The molecule has 1 aliphatic rings. The van der Waals surface area contributed by atoms with Gasteiger partial charge in [0.05, 0.1) is 6.42 Å². The number of nitrogens with zero attached hydrogens (tertiary/aromatic N) is 2. The van der Waals surface area contributed by atoms with E-state index in [0.717, 1.165) is 0 Å². The standard InChI is InChI=1S/C13H24N2O4/c1-10-9-14(6-5-11(16)17)7-8-15(10)12(18)19-13(2,3)4/h10H,5-9H2,1-4H3,(H,16,17)/t10-/m0/s1. The zero-order chi connectivity index (χ0) is 14.6. The molecular weight excluding hydrogens is 248 g/mol. The summed E-state index contributed by atoms with van der Waals surface area (Å²) in [4.78, 5) is 26.3. The van der Waals surface area contributed by atoms with Crippen LogP contribution in [0.3, 0.4) is 0 Å². The van der Waals surface area contributed by atoms with E-state index in [4.69, 9.17) is 9.84 Å². The smallest absolute Gasteiger partial charge is 0.410 e. The lowest BCUT2D eigenvalue weighted by Gasteiger charge is -2.40. The summed E-state index contributed by atoms with van der Waals surface area (Å²) in [5, 5.41) is 8.67. The maximum absolute atomic E-state index is 12.0. The fourth-order valence-electron chi connectivity index (χ4n) is 2.08. The van der Waals surface area contributed by atoms with Crippen molar-refractivity contribution in [1.29, 1.82) is 0 Å². The average Bonchev–Trinajstić information content (AvgIpc) is 2.23. The van der Waals surface area contributed by atoms with E-state index in [1.165, 1.54) is 0 Å². The first-order valence-electron chi connectivity index (χ1n) is 6.63. The summed E-state index contributed by atoms with van der Waals surface area (Å²) in [7, 11) is 0. The number of carboxylic acids is 1. The molecule has 1 rings (SSSR count). The van der Waals surface area contributed by atoms with Gasteiger partial charge >= 0.3 is 12.1 Å². The SMILES string of the molecule is C[C@H]1CN(CCC(=O)O)CCN1C(=O)OC(C)(C)C. The second-order valence-electron chi connectivity index (χ2n) is 5.97. The maximum Gasteiger partial charge on any atom is 0.410 e. The molecule has 0 saturated carbocycles. The lowest BCUT2D eigenvalue weighted by atomic mass is 10.2. The lowest BCUT2D eigenvalue weighted by Crippen LogP contribution is -2.55. The molecule has 6 nitrogen and oxygen atoms in total. The Bertz CT molecular complexity index is 338. The van der Waals surface area contributed by atoms with Crippen LogP contribution in [0.15, 0.2) is 0 Å². The third-order valence-corrected chi connectivity index (χ3v) is 2.98. The van der Waals surface area contributed by atoms with Crippen LogP contribution in [0, 0.1) is 0 Å². The van der Waals surface area contributed by atoms with Crippen molar-refractivity contribution < 1.29 is 19.4 Å². The van der Waals surface area contributed by atoms with Crippen molar-refractivity contribution in [3.63, 3.8) is 0 Å². The summed E-state index contributed by atoms with van der Waals surface area (Å²) in [5.41, 5.74) is -0.489. The molecule has 0 aliphatic carbocycles. The number of ether oxygens (including phenoxy) is 1. The molecule has 110 valence electrons. The number of carboxylic acid groups (broad SMARTS) is 1. The van der Waals surface area contributed by atoms with Gasteiger partial charge in [-0.25, -0.2) is 4.79 Å². The number of aliphatic carboxylic acids is 1. The number of carbonyl (C=O) groups is 2. The second kappa shape index (κ2) is 6.23. The molecule has 0 bridgehead atoms. The van der Waals surface area contributed by atoms with E-state index in [-0.39, 0.29) is 18.6 Å². The van der Waals surface area contributed by atoms with E-state index in [2.05, 4.69) is 4.90 Å². The fraction of sp³-hybridized carbons (Fsp3) is 0.846. The Kier molecular flexibility index (Phi) is 5.17. The van der Waals surface area contributed by atoms with Gasteiger partial charge < -0.3 is 14.7 Å². The van der Waals surface area contributed by atoms with Crippen LogP contribution in [-0.2, 0) is 9.53 Å². The van der Waals surface area contributed by atoms with Crippen LogP contribution < -0.4 is 0 Å². The molecule has 1 aliphatic heterocycles. The van der Waals surface area contributed by atoms with Gasteiger partial charge in [-0.2, -0.15) is 0 Å². The van der Waals surface area contributed by atoms with Crippen LogP contribution in [0.4, 0.5) is 4.79 Å².